The number of sulfone groups is 1. The van der Waals surface area contributed by atoms with Crippen LogP contribution in [0, 0.1) is 5.92 Å². The van der Waals surface area contributed by atoms with Crippen molar-refractivity contribution in [3.05, 3.63) is 0 Å². The monoisotopic (exact) mass is 486 g/mol. The Hall–Kier alpha value is -0.0900. The minimum atomic E-state index is -2.87. The normalized spacial score (nSPS) is 25.0. The Kier molecular flexibility index (Phi) is 10.0. The average Bonchev–Trinajstić information content (AvgIpc) is 3.19. The van der Waals surface area contributed by atoms with E-state index in [2.05, 4.69) is 34.4 Å². The zero-order valence-corrected chi connectivity index (χ0v) is 19.0. The predicted molar refractivity (Wildman–Crippen MR) is 116 cm³/mol. The highest BCUT2D eigenvalue weighted by atomic mass is 127. The van der Waals surface area contributed by atoms with Gasteiger partial charge in [0.25, 0.3) is 0 Å². The Morgan fingerprint density at radius 3 is 2.36 bits per heavy atom. The lowest BCUT2D eigenvalue weighted by atomic mass is 9.93. The lowest BCUT2D eigenvalue weighted by Crippen LogP contribution is -2.51. The maximum absolute atomic E-state index is 11.6. The highest BCUT2D eigenvalue weighted by Crippen LogP contribution is 2.22. The van der Waals surface area contributed by atoms with Crippen LogP contribution in [-0.4, -0.2) is 69.5 Å². The first-order valence-electron chi connectivity index (χ1n) is 9.40. The first-order valence-corrected chi connectivity index (χ1v) is 11.2. The number of aliphatic imine (C=N–C) groups is 1. The van der Waals surface area contributed by atoms with Crippen LogP contribution in [0.2, 0.25) is 0 Å². The minimum absolute atomic E-state index is 0. The second kappa shape index (κ2) is 10.9. The van der Waals surface area contributed by atoms with E-state index in [0.717, 1.165) is 12.5 Å². The maximum Gasteiger partial charge on any atom is 0.191 e. The van der Waals surface area contributed by atoms with Crippen LogP contribution in [0.3, 0.4) is 0 Å². The lowest BCUT2D eigenvalue weighted by Gasteiger charge is -2.34. The molecule has 2 aliphatic rings. The molecule has 2 aliphatic heterocycles. The molecule has 0 saturated carbocycles. The molecule has 0 spiro atoms. The summed E-state index contributed by atoms with van der Waals surface area (Å²) in [6, 6.07) is 0.507. The molecule has 0 bridgehead atoms. The molecule has 2 heterocycles. The van der Waals surface area contributed by atoms with E-state index in [1.165, 1.54) is 38.8 Å². The summed E-state index contributed by atoms with van der Waals surface area (Å²) in [6.07, 6.45) is 5.64. The Balaban J connectivity index is 0.00000312. The molecule has 8 heteroatoms. The molecule has 0 aromatic heterocycles. The third kappa shape index (κ3) is 6.86. The van der Waals surface area contributed by atoms with Gasteiger partial charge in [-0.15, -0.1) is 24.0 Å². The van der Waals surface area contributed by atoms with E-state index < -0.39 is 9.84 Å². The molecular weight excluding hydrogens is 451 g/mol. The van der Waals surface area contributed by atoms with Gasteiger partial charge < -0.3 is 10.6 Å². The van der Waals surface area contributed by atoms with Crippen molar-refractivity contribution < 1.29 is 8.42 Å². The lowest BCUT2D eigenvalue weighted by molar-refractivity contribution is 0.166. The van der Waals surface area contributed by atoms with Crippen molar-refractivity contribution in [1.82, 2.24) is 15.5 Å². The van der Waals surface area contributed by atoms with E-state index in [1.54, 1.807) is 7.05 Å². The average molecular weight is 486 g/mol. The molecule has 2 atom stereocenters. The minimum Gasteiger partial charge on any atom is -0.355 e. The molecule has 0 aliphatic carbocycles. The van der Waals surface area contributed by atoms with Crippen molar-refractivity contribution in [3.8, 4) is 0 Å². The van der Waals surface area contributed by atoms with Crippen LogP contribution >= 0.6 is 24.0 Å². The number of rotatable bonds is 7. The Bertz CT molecular complexity index is 515. The van der Waals surface area contributed by atoms with Crippen molar-refractivity contribution in [2.75, 3.05) is 38.2 Å². The summed E-state index contributed by atoms with van der Waals surface area (Å²) in [5.74, 6) is 1.91. The Morgan fingerprint density at radius 1 is 1.24 bits per heavy atom. The second-order valence-electron chi connectivity index (χ2n) is 7.08. The number of halogens is 1. The highest BCUT2D eigenvalue weighted by molar-refractivity contribution is 14.0. The Labute approximate surface area is 170 Å². The SMILES string of the molecule is CCC(CC)C(CNC(=NC)NC1CCS(=O)(=O)C1)N1CCCC1.I. The van der Waals surface area contributed by atoms with E-state index in [-0.39, 0.29) is 41.5 Å². The van der Waals surface area contributed by atoms with Crippen LogP contribution in [0.15, 0.2) is 4.99 Å². The summed E-state index contributed by atoms with van der Waals surface area (Å²) in [6.45, 7) is 7.79. The molecule has 25 heavy (non-hydrogen) atoms. The molecule has 0 aromatic carbocycles. The summed E-state index contributed by atoms with van der Waals surface area (Å²) < 4.78 is 23.2. The zero-order chi connectivity index (χ0) is 17.6. The van der Waals surface area contributed by atoms with Gasteiger partial charge in [-0.25, -0.2) is 8.42 Å². The summed E-state index contributed by atoms with van der Waals surface area (Å²) in [7, 11) is -1.12. The second-order valence-corrected chi connectivity index (χ2v) is 9.31. The van der Waals surface area contributed by atoms with Crippen molar-refractivity contribution >= 4 is 39.8 Å². The van der Waals surface area contributed by atoms with E-state index >= 15 is 0 Å². The van der Waals surface area contributed by atoms with Gasteiger partial charge in [0.2, 0.25) is 0 Å². The van der Waals surface area contributed by atoms with Crippen molar-refractivity contribution in [2.24, 2.45) is 10.9 Å². The van der Waals surface area contributed by atoms with Gasteiger partial charge in [-0.05, 0) is 38.3 Å². The zero-order valence-electron chi connectivity index (χ0n) is 15.8. The largest absolute Gasteiger partial charge is 0.355 e. The van der Waals surface area contributed by atoms with E-state index in [0.29, 0.717) is 18.4 Å². The van der Waals surface area contributed by atoms with Gasteiger partial charge in [0.05, 0.1) is 11.5 Å². The Morgan fingerprint density at radius 2 is 1.88 bits per heavy atom. The van der Waals surface area contributed by atoms with Gasteiger partial charge >= 0.3 is 0 Å². The summed E-state index contributed by atoms with van der Waals surface area (Å²) in [5.41, 5.74) is 0. The number of hydrogen-bond donors (Lipinski definition) is 2. The number of likely N-dealkylation sites (tertiary alicyclic amines) is 1. The third-order valence-electron chi connectivity index (χ3n) is 5.48. The van der Waals surface area contributed by atoms with Crippen molar-refractivity contribution in [2.45, 2.75) is 58.0 Å². The van der Waals surface area contributed by atoms with Gasteiger partial charge in [0.1, 0.15) is 0 Å². The molecule has 0 aromatic rings. The molecule has 2 fully saturated rings. The molecule has 2 rings (SSSR count). The smallest absolute Gasteiger partial charge is 0.191 e. The number of nitrogens with one attached hydrogen (secondary N) is 2. The van der Waals surface area contributed by atoms with Crippen LogP contribution in [0.4, 0.5) is 0 Å². The van der Waals surface area contributed by atoms with E-state index in [9.17, 15) is 8.42 Å². The van der Waals surface area contributed by atoms with Gasteiger partial charge in [0.15, 0.2) is 15.8 Å². The van der Waals surface area contributed by atoms with Gasteiger partial charge in [-0.1, -0.05) is 26.7 Å². The fourth-order valence-corrected chi connectivity index (χ4v) is 5.67. The molecule has 2 N–H and O–H groups in total. The third-order valence-corrected chi connectivity index (χ3v) is 7.25. The van der Waals surface area contributed by atoms with Crippen LogP contribution in [-0.2, 0) is 9.84 Å². The molecule has 2 unspecified atom stereocenters. The van der Waals surface area contributed by atoms with Crippen LogP contribution in [0.5, 0.6) is 0 Å². The quantitative estimate of drug-likeness (QED) is 0.327. The summed E-state index contributed by atoms with van der Waals surface area (Å²) in [4.78, 5) is 6.90. The van der Waals surface area contributed by atoms with Crippen LogP contribution < -0.4 is 10.6 Å². The molecule has 6 nitrogen and oxygen atoms in total. The highest BCUT2D eigenvalue weighted by Gasteiger charge is 2.30. The number of nitrogens with zero attached hydrogens (tertiary/aromatic N) is 2. The fraction of sp³-hybridized carbons (Fsp3) is 0.941. The standard InChI is InChI=1S/C17H34N4O2S.HI/c1-4-14(5-2)16(21-9-6-7-10-21)12-19-17(18-3)20-15-8-11-24(22,23)13-15;/h14-16H,4-13H2,1-3H3,(H2,18,19,20);1H. The summed E-state index contributed by atoms with van der Waals surface area (Å²) >= 11 is 0. The maximum atomic E-state index is 11.6. The van der Waals surface area contributed by atoms with Crippen LogP contribution in [0.25, 0.3) is 0 Å². The van der Waals surface area contributed by atoms with Gasteiger partial charge in [-0.3, -0.25) is 9.89 Å². The first kappa shape index (κ1) is 23.0. The number of guanidine groups is 1. The summed E-state index contributed by atoms with van der Waals surface area (Å²) in [5, 5.41) is 6.74. The molecule has 2 saturated heterocycles. The van der Waals surface area contributed by atoms with Crippen molar-refractivity contribution in [3.63, 3.8) is 0 Å². The van der Waals surface area contributed by atoms with Gasteiger partial charge in [-0.2, -0.15) is 0 Å². The first-order chi connectivity index (χ1) is 11.5. The predicted octanol–water partition coefficient (Wildman–Crippen LogP) is 1.86. The number of hydrogen-bond acceptors (Lipinski definition) is 4. The van der Waals surface area contributed by atoms with E-state index in [4.69, 9.17) is 0 Å². The molecule has 148 valence electrons. The van der Waals surface area contributed by atoms with Crippen molar-refractivity contribution in [1.29, 1.82) is 0 Å². The van der Waals surface area contributed by atoms with E-state index in [1.807, 2.05) is 0 Å². The fourth-order valence-electron chi connectivity index (χ4n) is 4.00. The topological polar surface area (TPSA) is 73.8 Å². The van der Waals surface area contributed by atoms with Gasteiger partial charge in [0, 0.05) is 25.7 Å². The van der Waals surface area contributed by atoms with Crippen LogP contribution in [0.1, 0.15) is 46.0 Å². The molecular formula is C17H35IN4O2S. The molecule has 0 radical (unpaired) electrons. The molecule has 0 amide bonds.